The van der Waals surface area contributed by atoms with Gasteiger partial charge in [0.1, 0.15) is 11.3 Å². The number of carbonyl (C=O) groups is 1. The molecule has 1 aliphatic heterocycles. The van der Waals surface area contributed by atoms with Crippen molar-refractivity contribution in [3.8, 4) is 40.0 Å². The van der Waals surface area contributed by atoms with E-state index in [-0.39, 0.29) is 17.4 Å². The number of nitrogens with zero attached hydrogens (tertiary/aromatic N) is 4. The molecular weight excluding hydrogens is 656 g/mol. The van der Waals surface area contributed by atoms with Gasteiger partial charge in [0.05, 0.1) is 20.8 Å². The molecule has 11 nitrogen and oxygen atoms in total. The molecule has 1 aliphatic rings. The Morgan fingerprint density at radius 2 is 1.54 bits per heavy atom. The van der Waals surface area contributed by atoms with E-state index in [0.717, 1.165) is 67.1 Å². The van der Waals surface area contributed by atoms with E-state index in [4.69, 9.17) is 23.9 Å². The molecular formula is C41H46N6O5. The zero-order valence-electron chi connectivity index (χ0n) is 30.4. The summed E-state index contributed by atoms with van der Waals surface area (Å²) < 4.78 is 23.9. The number of aryl methyl sites for hydroxylation is 2. The number of amides is 1. The first-order valence-corrected chi connectivity index (χ1v) is 17.5. The maximum absolute atomic E-state index is 13.8. The van der Waals surface area contributed by atoms with Gasteiger partial charge in [-0.1, -0.05) is 60.7 Å². The maximum Gasteiger partial charge on any atom is 0.262 e. The molecule has 4 aromatic carbocycles. The fraction of sp³-hybridized carbons (Fsp3) is 0.293. The van der Waals surface area contributed by atoms with Gasteiger partial charge in [0.25, 0.3) is 5.91 Å². The second kappa shape index (κ2) is 17.0. The number of hydrogen-bond acceptors (Lipinski definition) is 10. The van der Waals surface area contributed by atoms with Crippen molar-refractivity contribution in [1.82, 2.24) is 19.8 Å². The van der Waals surface area contributed by atoms with Crippen molar-refractivity contribution in [2.75, 3.05) is 71.2 Å². The molecule has 0 saturated carbocycles. The predicted molar refractivity (Wildman–Crippen MR) is 205 cm³/mol. The Balaban J connectivity index is 1.26. The summed E-state index contributed by atoms with van der Waals surface area (Å²) >= 11 is 0. The smallest absolute Gasteiger partial charge is 0.262 e. The topological polar surface area (TPSA) is 110 Å². The Labute approximate surface area is 305 Å². The van der Waals surface area contributed by atoms with E-state index in [2.05, 4.69) is 32.5 Å². The summed E-state index contributed by atoms with van der Waals surface area (Å²) in [5.74, 6) is 1.94. The number of hydrogen-bond donors (Lipinski definition) is 2. The van der Waals surface area contributed by atoms with E-state index in [1.54, 1.807) is 20.3 Å². The average Bonchev–Trinajstić information content (AvgIpc) is 3.16. The lowest BCUT2D eigenvalue weighted by Crippen LogP contribution is -2.44. The number of anilines is 3. The van der Waals surface area contributed by atoms with E-state index in [0.29, 0.717) is 35.3 Å². The van der Waals surface area contributed by atoms with E-state index >= 15 is 0 Å². The third-order valence-corrected chi connectivity index (χ3v) is 9.05. The molecule has 0 radical (unpaired) electrons. The highest BCUT2D eigenvalue weighted by atomic mass is 16.5. The molecule has 52 heavy (non-hydrogen) atoms. The number of likely N-dealkylation sites (N-methyl/N-ethyl adjacent to an activating group) is 1. The standard InChI is InChI=1S/C41H46N6O5/c1-28-12-9-13-29(2)37(28)44-39(48)34-27-42-41(45-40(34)52-33-17-10-16-31(24-33)30-14-7-6-8-15-30)43-32-25-35(49-4)38(50-5)36(26-32)51-23-11-18-47-21-19-46(3)20-22-47/h6-10,12-17,24-27H,11,18-23H2,1-5H3,(H,44,48)(H,42,43,45). The molecule has 2 N–H and O–H groups in total. The van der Waals surface area contributed by atoms with Gasteiger partial charge in [-0.25, -0.2) is 4.98 Å². The monoisotopic (exact) mass is 702 g/mol. The second-order valence-electron chi connectivity index (χ2n) is 12.8. The minimum atomic E-state index is -0.392. The predicted octanol–water partition coefficient (Wildman–Crippen LogP) is 7.58. The summed E-state index contributed by atoms with van der Waals surface area (Å²) in [6.07, 6.45) is 2.33. The normalized spacial score (nSPS) is 13.3. The van der Waals surface area contributed by atoms with Crippen LogP contribution in [0.2, 0.25) is 0 Å². The van der Waals surface area contributed by atoms with Gasteiger partial charge in [-0.3, -0.25) is 4.79 Å². The third-order valence-electron chi connectivity index (χ3n) is 9.05. The number of piperazine rings is 1. The molecule has 1 saturated heterocycles. The van der Waals surface area contributed by atoms with Crippen LogP contribution in [-0.4, -0.2) is 86.3 Å². The van der Waals surface area contributed by atoms with Crippen molar-refractivity contribution in [2.45, 2.75) is 20.3 Å². The molecule has 1 fully saturated rings. The van der Waals surface area contributed by atoms with Crippen LogP contribution in [0.5, 0.6) is 28.9 Å². The van der Waals surface area contributed by atoms with Crippen LogP contribution in [0.4, 0.5) is 17.3 Å². The zero-order chi connectivity index (χ0) is 36.5. The Bertz CT molecular complexity index is 1960. The van der Waals surface area contributed by atoms with E-state index in [1.165, 1.54) is 6.20 Å². The number of carbonyl (C=O) groups excluding carboxylic acids is 1. The molecule has 6 rings (SSSR count). The fourth-order valence-corrected chi connectivity index (χ4v) is 6.11. The summed E-state index contributed by atoms with van der Waals surface area (Å²) in [5, 5.41) is 6.29. The summed E-state index contributed by atoms with van der Waals surface area (Å²) in [6.45, 7) is 9.64. The highest BCUT2D eigenvalue weighted by Gasteiger charge is 2.21. The van der Waals surface area contributed by atoms with Crippen LogP contribution in [0.25, 0.3) is 11.1 Å². The van der Waals surface area contributed by atoms with Crippen molar-refractivity contribution < 1.29 is 23.7 Å². The van der Waals surface area contributed by atoms with E-state index < -0.39 is 5.91 Å². The van der Waals surface area contributed by atoms with E-state index in [9.17, 15) is 4.79 Å². The number of benzene rings is 4. The Morgan fingerprint density at radius 3 is 2.27 bits per heavy atom. The van der Waals surface area contributed by atoms with Gasteiger partial charge in [-0.05, 0) is 61.7 Å². The van der Waals surface area contributed by atoms with Gasteiger partial charge in [-0.15, -0.1) is 0 Å². The minimum Gasteiger partial charge on any atom is -0.493 e. The molecule has 0 spiro atoms. The van der Waals surface area contributed by atoms with Crippen LogP contribution >= 0.6 is 0 Å². The molecule has 11 heteroatoms. The molecule has 0 atom stereocenters. The number of para-hydroxylation sites is 1. The zero-order valence-corrected chi connectivity index (χ0v) is 30.4. The van der Waals surface area contributed by atoms with Crippen molar-refractivity contribution in [2.24, 2.45) is 0 Å². The van der Waals surface area contributed by atoms with Crippen molar-refractivity contribution >= 4 is 23.2 Å². The summed E-state index contributed by atoms with van der Waals surface area (Å²) in [4.78, 5) is 27.8. The Hall–Kier alpha value is -5.65. The Morgan fingerprint density at radius 1 is 0.827 bits per heavy atom. The number of ether oxygens (including phenoxy) is 4. The highest BCUT2D eigenvalue weighted by molar-refractivity contribution is 6.06. The first-order valence-electron chi connectivity index (χ1n) is 17.5. The van der Waals surface area contributed by atoms with Crippen molar-refractivity contribution in [1.29, 1.82) is 0 Å². The molecule has 5 aromatic rings. The van der Waals surface area contributed by atoms with Crippen molar-refractivity contribution in [3.63, 3.8) is 0 Å². The highest BCUT2D eigenvalue weighted by Crippen LogP contribution is 2.41. The molecule has 2 heterocycles. The number of aromatic nitrogens is 2. The van der Waals surface area contributed by atoms with Crippen LogP contribution < -0.4 is 29.6 Å². The number of rotatable bonds is 14. The lowest BCUT2D eigenvalue weighted by molar-refractivity contribution is 0.102. The van der Waals surface area contributed by atoms with E-state index in [1.807, 2.05) is 92.7 Å². The number of methoxy groups -OCH3 is 2. The van der Waals surface area contributed by atoms with Gasteiger partial charge in [0.2, 0.25) is 17.6 Å². The molecule has 1 amide bonds. The fourth-order valence-electron chi connectivity index (χ4n) is 6.11. The van der Waals surface area contributed by atoms with Crippen molar-refractivity contribution in [3.05, 3.63) is 108 Å². The first-order chi connectivity index (χ1) is 25.3. The van der Waals surface area contributed by atoms with Gasteiger partial charge < -0.3 is 39.4 Å². The Kier molecular flexibility index (Phi) is 11.8. The lowest BCUT2D eigenvalue weighted by atomic mass is 10.1. The van der Waals surface area contributed by atoms with Crippen LogP contribution in [0.1, 0.15) is 27.9 Å². The van der Waals surface area contributed by atoms with Crippen LogP contribution in [-0.2, 0) is 0 Å². The third kappa shape index (κ3) is 8.98. The van der Waals surface area contributed by atoms with Crippen LogP contribution in [0.15, 0.2) is 91.1 Å². The molecule has 270 valence electrons. The first kappa shape index (κ1) is 36.2. The molecule has 1 aromatic heterocycles. The minimum absolute atomic E-state index is 0.0901. The molecule has 0 unspecified atom stereocenters. The quantitative estimate of drug-likeness (QED) is 0.112. The van der Waals surface area contributed by atoms with Crippen LogP contribution in [0.3, 0.4) is 0 Å². The van der Waals surface area contributed by atoms with Gasteiger partial charge in [-0.2, -0.15) is 4.98 Å². The number of nitrogens with one attached hydrogen (secondary N) is 2. The van der Waals surface area contributed by atoms with Gasteiger partial charge >= 0.3 is 0 Å². The van der Waals surface area contributed by atoms with Gasteiger partial charge in [0, 0.05) is 62.4 Å². The van der Waals surface area contributed by atoms with Crippen LogP contribution in [0, 0.1) is 13.8 Å². The average molecular weight is 703 g/mol. The summed E-state index contributed by atoms with van der Waals surface area (Å²) in [5.41, 5.74) is 5.40. The largest absolute Gasteiger partial charge is 0.493 e. The lowest BCUT2D eigenvalue weighted by Gasteiger charge is -2.32. The molecule has 0 aliphatic carbocycles. The van der Waals surface area contributed by atoms with Gasteiger partial charge in [0.15, 0.2) is 11.5 Å². The summed E-state index contributed by atoms with van der Waals surface area (Å²) in [7, 11) is 5.32. The second-order valence-corrected chi connectivity index (χ2v) is 12.8. The summed E-state index contributed by atoms with van der Waals surface area (Å²) in [6, 6.07) is 27.1. The SMILES string of the molecule is COc1cc(Nc2ncc(C(=O)Nc3c(C)cccc3C)c(Oc3cccc(-c4ccccc4)c3)n2)cc(OCCCN2CCN(C)CC2)c1OC. The maximum atomic E-state index is 13.8. The molecule has 0 bridgehead atoms.